The number of hydrogen-bond acceptors (Lipinski definition) is 5. The van der Waals surface area contributed by atoms with Crippen LogP contribution in [0.25, 0.3) is 11.1 Å². The molecule has 1 aliphatic heterocycles. The van der Waals surface area contributed by atoms with E-state index in [-0.39, 0.29) is 10.5 Å². The third kappa shape index (κ3) is 4.19. The van der Waals surface area contributed by atoms with Crippen LogP contribution in [0, 0.1) is 0 Å². The molecule has 3 N–H and O–H groups in total. The molecule has 1 saturated heterocycles. The molecule has 1 fully saturated rings. The van der Waals surface area contributed by atoms with Crippen molar-refractivity contribution in [3.05, 3.63) is 53.6 Å². The zero-order valence-electron chi connectivity index (χ0n) is 15.1. The smallest absolute Gasteiger partial charge is 0.335 e. The van der Waals surface area contributed by atoms with E-state index >= 15 is 0 Å². The molecule has 0 saturated carbocycles. The van der Waals surface area contributed by atoms with Gasteiger partial charge in [-0.1, -0.05) is 24.3 Å². The molecular weight excluding hydrogens is 366 g/mol. The number of carboxylic acid groups (broad SMARTS) is 1. The van der Waals surface area contributed by atoms with Crippen LogP contribution in [0.2, 0.25) is 0 Å². The van der Waals surface area contributed by atoms with Gasteiger partial charge in [0.25, 0.3) is 0 Å². The second-order valence-electron chi connectivity index (χ2n) is 6.66. The first-order valence-corrected chi connectivity index (χ1v) is 10.1. The van der Waals surface area contributed by atoms with Gasteiger partial charge in [-0.3, -0.25) is 0 Å². The highest BCUT2D eigenvalue weighted by molar-refractivity contribution is 7.89. The van der Waals surface area contributed by atoms with Crippen LogP contribution in [0.15, 0.2) is 47.4 Å². The Morgan fingerprint density at radius 3 is 2.22 bits per heavy atom. The summed E-state index contributed by atoms with van der Waals surface area (Å²) in [6, 6.07) is 11.6. The average molecular weight is 389 g/mol. The summed E-state index contributed by atoms with van der Waals surface area (Å²) in [6.45, 7) is 2.46. The van der Waals surface area contributed by atoms with E-state index in [1.165, 1.54) is 22.5 Å². The number of carbonyl (C=O) groups is 1. The van der Waals surface area contributed by atoms with Gasteiger partial charge in [-0.25, -0.2) is 13.2 Å². The molecule has 0 spiro atoms. The highest BCUT2D eigenvalue weighted by Crippen LogP contribution is 2.27. The van der Waals surface area contributed by atoms with Crippen LogP contribution in [0.3, 0.4) is 0 Å². The fourth-order valence-electron chi connectivity index (χ4n) is 3.05. The molecule has 8 heteroatoms. The second-order valence-corrected chi connectivity index (χ2v) is 8.60. The summed E-state index contributed by atoms with van der Waals surface area (Å²) in [5, 5.41) is 9.44. The molecule has 1 aliphatic rings. The quantitative estimate of drug-likeness (QED) is 0.802. The number of benzene rings is 2. The van der Waals surface area contributed by atoms with Gasteiger partial charge >= 0.3 is 5.97 Å². The number of rotatable bonds is 5. The summed E-state index contributed by atoms with van der Waals surface area (Å²) in [6.07, 6.45) is 0. The Kier molecular flexibility index (Phi) is 5.61. The van der Waals surface area contributed by atoms with Crippen LogP contribution in [-0.2, 0) is 16.6 Å². The largest absolute Gasteiger partial charge is 0.478 e. The minimum atomic E-state index is -3.76. The zero-order valence-corrected chi connectivity index (χ0v) is 15.9. The summed E-state index contributed by atoms with van der Waals surface area (Å²) < 4.78 is 27.5. The van der Waals surface area contributed by atoms with Gasteiger partial charge < -0.3 is 15.7 Å². The van der Waals surface area contributed by atoms with Gasteiger partial charge in [0.1, 0.15) is 0 Å². The molecule has 0 aromatic heterocycles. The lowest BCUT2D eigenvalue weighted by Crippen LogP contribution is -2.47. The van der Waals surface area contributed by atoms with Gasteiger partial charge in [0.15, 0.2) is 0 Å². The molecule has 1 heterocycles. The first-order valence-electron chi connectivity index (χ1n) is 8.68. The van der Waals surface area contributed by atoms with Crippen molar-refractivity contribution in [2.75, 3.05) is 33.2 Å². The van der Waals surface area contributed by atoms with Crippen molar-refractivity contribution in [2.24, 2.45) is 5.73 Å². The molecule has 27 heavy (non-hydrogen) atoms. The Morgan fingerprint density at radius 2 is 1.67 bits per heavy atom. The molecule has 0 radical (unpaired) electrons. The maximum absolute atomic E-state index is 13.1. The fourth-order valence-corrected chi connectivity index (χ4v) is 4.54. The molecule has 0 aliphatic carbocycles. The molecule has 0 bridgehead atoms. The molecule has 2 aromatic rings. The summed E-state index contributed by atoms with van der Waals surface area (Å²) in [5.74, 6) is -1.16. The van der Waals surface area contributed by atoms with E-state index in [0.29, 0.717) is 38.3 Å². The van der Waals surface area contributed by atoms with Crippen LogP contribution in [-0.4, -0.2) is 61.9 Å². The molecule has 0 amide bonds. The Morgan fingerprint density at radius 1 is 1.04 bits per heavy atom. The van der Waals surface area contributed by atoms with Crippen LogP contribution >= 0.6 is 0 Å². The minimum absolute atomic E-state index is 0.00449. The van der Waals surface area contributed by atoms with Crippen LogP contribution in [0.1, 0.15) is 15.9 Å². The first kappa shape index (κ1) is 19.5. The van der Waals surface area contributed by atoms with Crippen LogP contribution in [0.4, 0.5) is 0 Å². The van der Waals surface area contributed by atoms with Crippen LogP contribution in [0.5, 0.6) is 0 Å². The third-order valence-electron chi connectivity index (χ3n) is 4.78. The van der Waals surface area contributed by atoms with Gasteiger partial charge in [-0.2, -0.15) is 4.31 Å². The lowest BCUT2D eigenvalue weighted by Gasteiger charge is -2.31. The summed E-state index contributed by atoms with van der Waals surface area (Å²) in [5.41, 5.74) is 7.79. The number of sulfonamides is 1. The number of piperazine rings is 1. The van der Waals surface area contributed by atoms with Gasteiger partial charge in [-0.05, 0) is 41.9 Å². The van der Waals surface area contributed by atoms with Gasteiger partial charge in [0.05, 0.1) is 10.5 Å². The third-order valence-corrected chi connectivity index (χ3v) is 6.65. The van der Waals surface area contributed by atoms with E-state index in [1.54, 1.807) is 0 Å². The molecule has 3 rings (SSSR count). The number of nitrogens with zero attached hydrogens (tertiary/aromatic N) is 2. The van der Waals surface area contributed by atoms with Crippen molar-refractivity contribution in [1.29, 1.82) is 0 Å². The Balaban J connectivity index is 2.04. The fraction of sp³-hybridized carbons (Fsp3) is 0.316. The second kappa shape index (κ2) is 7.77. The summed E-state index contributed by atoms with van der Waals surface area (Å²) in [7, 11) is -1.82. The highest BCUT2D eigenvalue weighted by Gasteiger charge is 2.28. The molecule has 2 aromatic carbocycles. The van der Waals surface area contributed by atoms with Crippen molar-refractivity contribution in [3.8, 4) is 11.1 Å². The van der Waals surface area contributed by atoms with E-state index < -0.39 is 16.0 Å². The average Bonchev–Trinajstić information content (AvgIpc) is 2.68. The number of carboxylic acids is 1. The number of likely N-dealkylation sites (N-methyl/N-ethyl adjacent to an activating group) is 1. The predicted molar refractivity (Wildman–Crippen MR) is 103 cm³/mol. The SMILES string of the molecule is CN1CCN(S(=O)(=O)c2cc(C(=O)O)cc(-c3ccc(CN)cc3)c2)CC1. The standard InChI is InChI=1S/C19H23N3O4S/c1-21-6-8-22(9-7-21)27(25,26)18-11-16(10-17(12-18)19(23)24)15-4-2-14(13-20)3-5-15/h2-5,10-12H,6-9,13,20H2,1H3,(H,23,24). The topological polar surface area (TPSA) is 104 Å². The summed E-state index contributed by atoms with van der Waals surface area (Å²) in [4.78, 5) is 13.6. The maximum Gasteiger partial charge on any atom is 0.335 e. The van der Waals surface area contributed by atoms with Crippen molar-refractivity contribution >= 4 is 16.0 Å². The highest BCUT2D eigenvalue weighted by atomic mass is 32.2. The van der Waals surface area contributed by atoms with E-state index in [2.05, 4.69) is 4.90 Å². The van der Waals surface area contributed by atoms with Crippen molar-refractivity contribution < 1.29 is 18.3 Å². The van der Waals surface area contributed by atoms with Gasteiger partial charge in [0.2, 0.25) is 10.0 Å². The predicted octanol–water partition coefficient (Wildman–Crippen LogP) is 1.45. The Hall–Kier alpha value is -2.26. The van der Waals surface area contributed by atoms with Crippen LogP contribution < -0.4 is 5.73 Å². The lowest BCUT2D eigenvalue weighted by molar-refractivity contribution is 0.0696. The van der Waals surface area contributed by atoms with Crippen molar-refractivity contribution in [1.82, 2.24) is 9.21 Å². The van der Waals surface area contributed by atoms with Gasteiger partial charge in [-0.15, -0.1) is 0 Å². The zero-order chi connectivity index (χ0) is 19.6. The maximum atomic E-state index is 13.1. The molecule has 7 nitrogen and oxygen atoms in total. The van der Waals surface area contributed by atoms with Crippen molar-refractivity contribution in [2.45, 2.75) is 11.4 Å². The van der Waals surface area contributed by atoms with E-state index in [4.69, 9.17) is 5.73 Å². The normalized spacial score (nSPS) is 16.4. The van der Waals surface area contributed by atoms with E-state index in [0.717, 1.165) is 11.1 Å². The Labute approximate surface area is 159 Å². The lowest BCUT2D eigenvalue weighted by atomic mass is 10.0. The first-order chi connectivity index (χ1) is 12.8. The Bertz CT molecular complexity index is 934. The number of hydrogen-bond donors (Lipinski definition) is 2. The molecule has 144 valence electrons. The molecular formula is C19H23N3O4S. The summed E-state index contributed by atoms with van der Waals surface area (Å²) >= 11 is 0. The number of nitrogens with two attached hydrogens (primary N) is 1. The monoisotopic (exact) mass is 389 g/mol. The number of aromatic carboxylic acids is 1. The molecule has 0 unspecified atom stereocenters. The van der Waals surface area contributed by atoms with E-state index in [1.807, 2.05) is 31.3 Å². The minimum Gasteiger partial charge on any atom is -0.478 e. The molecule has 0 atom stereocenters. The van der Waals surface area contributed by atoms with Gasteiger partial charge in [0, 0.05) is 32.7 Å². The van der Waals surface area contributed by atoms with E-state index in [9.17, 15) is 18.3 Å². The van der Waals surface area contributed by atoms with Crippen molar-refractivity contribution in [3.63, 3.8) is 0 Å².